The van der Waals surface area contributed by atoms with Gasteiger partial charge in [0.1, 0.15) is 0 Å². The summed E-state index contributed by atoms with van der Waals surface area (Å²) >= 11 is 0. The van der Waals surface area contributed by atoms with Crippen molar-refractivity contribution < 1.29 is 0 Å². The molecule has 4 aliphatic carbocycles. The Balaban J connectivity index is 1.55. The maximum atomic E-state index is 2.74. The molecule has 0 saturated heterocycles. The highest BCUT2D eigenvalue weighted by atomic mass is 14.6. The Morgan fingerprint density at radius 3 is 2.54 bits per heavy atom. The summed E-state index contributed by atoms with van der Waals surface area (Å²) < 4.78 is 0. The Kier molecular flexibility index (Phi) is 5.65. The summed E-state index contributed by atoms with van der Waals surface area (Å²) in [4.78, 5) is 0. The third-order valence-electron chi connectivity index (χ3n) is 9.98. The summed E-state index contributed by atoms with van der Waals surface area (Å²) in [6, 6.07) is 0. The fourth-order valence-corrected chi connectivity index (χ4v) is 8.28. The molecule has 0 amide bonds. The van der Waals surface area contributed by atoms with E-state index in [1.807, 2.05) is 11.1 Å². The van der Waals surface area contributed by atoms with Crippen LogP contribution in [0, 0.1) is 40.4 Å². The molecule has 0 radical (unpaired) electrons. The van der Waals surface area contributed by atoms with Crippen molar-refractivity contribution in [3.63, 3.8) is 0 Å². The van der Waals surface area contributed by atoms with Gasteiger partial charge >= 0.3 is 0 Å². The molecule has 4 rings (SSSR count). The first kappa shape index (κ1) is 20.7. The largest absolute Gasteiger partial charge is 0.0845 e. The molecule has 0 aromatic rings. The minimum Gasteiger partial charge on any atom is -0.0845 e. The molecule has 6 atom stereocenters. The highest BCUT2D eigenvalue weighted by molar-refractivity contribution is 5.31. The van der Waals surface area contributed by atoms with E-state index in [1.54, 1.807) is 5.57 Å². The normalized spacial score (nSPS) is 44.6. The number of hydrogen-bond donors (Lipinski definition) is 0. The van der Waals surface area contributed by atoms with Crippen molar-refractivity contribution >= 4 is 0 Å². The van der Waals surface area contributed by atoms with E-state index >= 15 is 0 Å². The van der Waals surface area contributed by atoms with E-state index in [1.165, 1.54) is 70.6 Å². The first-order valence-electron chi connectivity index (χ1n) is 12.6. The van der Waals surface area contributed by atoms with Gasteiger partial charge in [-0.3, -0.25) is 0 Å². The summed E-state index contributed by atoms with van der Waals surface area (Å²) in [5.74, 6) is 4.65. The molecule has 0 N–H and O–H groups in total. The molecule has 0 heterocycles. The van der Waals surface area contributed by atoms with Gasteiger partial charge in [-0.1, -0.05) is 63.8 Å². The first-order valence-corrected chi connectivity index (χ1v) is 12.6. The molecule has 0 aliphatic heterocycles. The highest BCUT2D eigenvalue weighted by Gasteiger charge is 2.57. The fraction of sp³-hybridized carbons (Fsp3) is 0.857. The number of fused-ring (bicyclic) bond motifs is 5. The lowest BCUT2D eigenvalue weighted by Crippen LogP contribution is -2.49. The van der Waals surface area contributed by atoms with E-state index < -0.39 is 0 Å². The number of rotatable bonds is 4. The quantitative estimate of drug-likeness (QED) is 0.426. The molecule has 3 saturated carbocycles. The lowest BCUT2D eigenvalue weighted by atomic mass is 9.47. The molecule has 0 bridgehead atoms. The van der Waals surface area contributed by atoms with Crippen LogP contribution in [0.3, 0.4) is 0 Å². The van der Waals surface area contributed by atoms with Gasteiger partial charge in [0, 0.05) is 0 Å². The lowest BCUT2D eigenvalue weighted by Gasteiger charge is -2.57. The van der Waals surface area contributed by atoms with Gasteiger partial charge in [-0.2, -0.15) is 0 Å². The molecular weight excluding hydrogens is 336 g/mol. The molecular formula is C28H46. The van der Waals surface area contributed by atoms with Gasteiger partial charge in [0.25, 0.3) is 0 Å². The second kappa shape index (κ2) is 7.63. The molecule has 0 spiro atoms. The fourth-order valence-electron chi connectivity index (χ4n) is 8.28. The Morgan fingerprint density at radius 2 is 1.79 bits per heavy atom. The monoisotopic (exact) mass is 382 g/mol. The van der Waals surface area contributed by atoms with Crippen LogP contribution in [0.4, 0.5) is 0 Å². The van der Waals surface area contributed by atoms with E-state index in [4.69, 9.17) is 0 Å². The molecule has 28 heavy (non-hydrogen) atoms. The topological polar surface area (TPSA) is 0 Å². The molecule has 0 heteroatoms. The standard InChI is InChI=1S/C28H46/c1-19(2)8-7-9-21(4)24-12-13-25-23-11-10-22-18-20(3)14-16-27(22,5)26(23)15-17-28(24,25)6/h10,19-20,23,25-26H,7-9,11-18H2,1-6H3/b24-21+/t20?,23?,25?,26?,27-,28?/m0/s1. The third kappa shape index (κ3) is 3.35. The predicted octanol–water partition coefficient (Wildman–Crippen LogP) is 8.73. The van der Waals surface area contributed by atoms with E-state index in [2.05, 4.69) is 47.6 Å². The lowest BCUT2D eigenvalue weighted by molar-refractivity contribution is -0.0176. The van der Waals surface area contributed by atoms with E-state index in [-0.39, 0.29) is 0 Å². The summed E-state index contributed by atoms with van der Waals surface area (Å²) in [5, 5.41) is 0. The highest BCUT2D eigenvalue weighted by Crippen LogP contribution is 2.66. The van der Waals surface area contributed by atoms with Crippen LogP contribution in [0.15, 0.2) is 22.8 Å². The Morgan fingerprint density at radius 1 is 1.07 bits per heavy atom. The maximum Gasteiger partial charge on any atom is -0.00825 e. The van der Waals surface area contributed by atoms with E-state index in [0.717, 1.165) is 29.6 Å². The van der Waals surface area contributed by atoms with Gasteiger partial charge in [0.05, 0.1) is 0 Å². The minimum absolute atomic E-state index is 0.521. The van der Waals surface area contributed by atoms with Gasteiger partial charge in [0.2, 0.25) is 0 Å². The molecule has 5 unspecified atom stereocenters. The SMILES string of the molecule is C/C(CCCC(C)C)=C1/CCC2C3CC=C4CC(C)CC[C@]4(C)C3CCC12C. The summed E-state index contributed by atoms with van der Waals surface area (Å²) in [7, 11) is 0. The van der Waals surface area contributed by atoms with Crippen LogP contribution in [0.1, 0.15) is 112 Å². The Bertz CT molecular complexity index is 649. The average Bonchev–Trinajstić information content (AvgIpc) is 2.99. The van der Waals surface area contributed by atoms with Crippen LogP contribution in [0.25, 0.3) is 0 Å². The molecule has 0 aromatic heterocycles. The number of hydrogen-bond acceptors (Lipinski definition) is 0. The third-order valence-corrected chi connectivity index (χ3v) is 9.98. The molecule has 3 fully saturated rings. The second-order valence-electron chi connectivity index (χ2n) is 12.1. The van der Waals surface area contributed by atoms with Crippen LogP contribution in [-0.4, -0.2) is 0 Å². The molecule has 158 valence electrons. The van der Waals surface area contributed by atoms with Crippen molar-refractivity contribution in [3.8, 4) is 0 Å². The van der Waals surface area contributed by atoms with Gasteiger partial charge in [-0.25, -0.2) is 0 Å². The predicted molar refractivity (Wildman–Crippen MR) is 122 cm³/mol. The Labute approximate surface area is 175 Å². The first-order chi connectivity index (χ1) is 13.3. The smallest absolute Gasteiger partial charge is 0.00825 e. The van der Waals surface area contributed by atoms with E-state index in [0.29, 0.717) is 10.8 Å². The molecule has 4 aliphatic rings. The Hall–Kier alpha value is -0.520. The van der Waals surface area contributed by atoms with Crippen molar-refractivity contribution in [3.05, 3.63) is 22.8 Å². The van der Waals surface area contributed by atoms with Crippen molar-refractivity contribution in [2.75, 3.05) is 0 Å². The van der Waals surface area contributed by atoms with Crippen LogP contribution < -0.4 is 0 Å². The van der Waals surface area contributed by atoms with Gasteiger partial charge in [-0.15, -0.1) is 0 Å². The van der Waals surface area contributed by atoms with Crippen molar-refractivity contribution in [1.82, 2.24) is 0 Å². The van der Waals surface area contributed by atoms with E-state index in [9.17, 15) is 0 Å². The van der Waals surface area contributed by atoms with Crippen molar-refractivity contribution in [1.29, 1.82) is 0 Å². The van der Waals surface area contributed by atoms with Crippen molar-refractivity contribution in [2.45, 2.75) is 112 Å². The van der Waals surface area contributed by atoms with Gasteiger partial charge in [-0.05, 0) is 112 Å². The number of allylic oxidation sites excluding steroid dienone is 4. The zero-order valence-electron chi connectivity index (χ0n) is 19.7. The minimum atomic E-state index is 0.521. The van der Waals surface area contributed by atoms with Crippen LogP contribution >= 0.6 is 0 Å². The van der Waals surface area contributed by atoms with Crippen LogP contribution in [0.2, 0.25) is 0 Å². The van der Waals surface area contributed by atoms with Crippen LogP contribution in [0.5, 0.6) is 0 Å². The molecule has 0 aromatic carbocycles. The van der Waals surface area contributed by atoms with Crippen molar-refractivity contribution in [2.24, 2.45) is 40.4 Å². The van der Waals surface area contributed by atoms with Crippen LogP contribution in [-0.2, 0) is 0 Å². The summed E-state index contributed by atoms with van der Waals surface area (Å²) in [6.45, 7) is 15.0. The second-order valence-corrected chi connectivity index (χ2v) is 12.1. The molecule has 0 nitrogen and oxygen atoms in total. The zero-order valence-corrected chi connectivity index (χ0v) is 19.7. The van der Waals surface area contributed by atoms with Gasteiger partial charge in [0.15, 0.2) is 0 Å². The maximum absolute atomic E-state index is 2.74. The summed E-state index contributed by atoms with van der Waals surface area (Å²) in [5.41, 5.74) is 6.59. The summed E-state index contributed by atoms with van der Waals surface area (Å²) in [6.07, 6.45) is 18.4. The average molecular weight is 383 g/mol. The zero-order chi connectivity index (χ0) is 20.1. The van der Waals surface area contributed by atoms with Gasteiger partial charge < -0.3 is 0 Å².